The van der Waals surface area contributed by atoms with E-state index < -0.39 is 0 Å². The van der Waals surface area contributed by atoms with Gasteiger partial charge in [-0.25, -0.2) is 0 Å². The van der Waals surface area contributed by atoms with Crippen molar-refractivity contribution in [2.45, 2.75) is 51.6 Å². The van der Waals surface area contributed by atoms with E-state index in [4.69, 9.17) is 0 Å². The third-order valence-electron chi connectivity index (χ3n) is 5.97. The lowest BCUT2D eigenvalue weighted by Crippen LogP contribution is -2.36. The number of likely N-dealkylation sites (tertiary alicyclic amines) is 1. The second kappa shape index (κ2) is 8.22. The van der Waals surface area contributed by atoms with Crippen molar-refractivity contribution in [1.29, 1.82) is 0 Å². The predicted molar refractivity (Wildman–Crippen MR) is 108 cm³/mol. The number of carbonyl (C=O) groups excluding carboxylic acids is 1. The molecule has 4 rings (SSSR count). The number of carbonyl (C=O) groups is 1. The van der Waals surface area contributed by atoms with Gasteiger partial charge in [-0.3, -0.25) is 14.7 Å². The highest BCUT2D eigenvalue weighted by atomic mass is 16.2. The van der Waals surface area contributed by atoms with E-state index in [0.29, 0.717) is 12.6 Å². The number of fused-ring (bicyclic) bond motifs is 1. The smallest absolute Gasteiger partial charge is 0.255 e. The molecule has 2 aromatic rings. The number of hydrogen-bond donors (Lipinski definition) is 0. The fourth-order valence-corrected chi connectivity index (χ4v) is 4.44. The Balaban J connectivity index is 1.50. The summed E-state index contributed by atoms with van der Waals surface area (Å²) in [4.78, 5) is 22.1. The molecule has 0 spiro atoms. The molecular weight excluding hydrogens is 334 g/mol. The third-order valence-corrected chi connectivity index (χ3v) is 5.97. The zero-order valence-corrected chi connectivity index (χ0v) is 16.2. The molecule has 0 aliphatic carbocycles. The Kier molecular flexibility index (Phi) is 5.53. The molecule has 1 aromatic heterocycles. The van der Waals surface area contributed by atoms with Gasteiger partial charge in [0.05, 0.1) is 5.56 Å². The predicted octanol–water partition coefficient (Wildman–Crippen LogP) is 4.22. The largest absolute Gasteiger partial charge is 0.334 e. The minimum atomic E-state index is 0.108. The Morgan fingerprint density at radius 3 is 2.89 bits per heavy atom. The molecule has 0 N–H and O–H groups in total. The van der Waals surface area contributed by atoms with Crippen LogP contribution in [0.4, 0.5) is 0 Å². The highest BCUT2D eigenvalue weighted by Crippen LogP contribution is 2.32. The lowest BCUT2D eigenvalue weighted by atomic mass is 9.99. The van der Waals surface area contributed by atoms with E-state index in [-0.39, 0.29) is 5.91 Å². The van der Waals surface area contributed by atoms with Crippen LogP contribution >= 0.6 is 0 Å². The van der Waals surface area contributed by atoms with E-state index in [1.54, 1.807) is 6.20 Å². The molecule has 27 heavy (non-hydrogen) atoms. The van der Waals surface area contributed by atoms with Crippen LogP contribution in [-0.2, 0) is 13.0 Å². The Bertz CT molecular complexity index is 804. The maximum absolute atomic E-state index is 13.1. The van der Waals surface area contributed by atoms with Gasteiger partial charge in [0.25, 0.3) is 5.91 Å². The highest BCUT2D eigenvalue weighted by molar-refractivity contribution is 5.94. The van der Waals surface area contributed by atoms with Gasteiger partial charge in [-0.1, -0.05) is 37.6 Å². The van der Waals surface area contributed by atoms with E-state index >= 15 is 0 Å². The molecule has 1 atom stereocenters. The Labute approximate surface area is 162 Å². The molecular formula is C23H29N3O. The summed E-state index contributed by atoms with van der Waals surface area (Å²) in [5.74, 6) is 0.108. The van der Waals surface area contributed by atoms with Crippen molar-refractivity contribution in [2.24, 2.45) is 0 Å². The summed E-state index contributed by atoms with van der Waals surface area (Å²) in [6.45, 7) is 6.02. The SMILES string of the molecule is CCCCN1CCCC1c1cncc(C(=O)N2CCc3ccccc3C2)c1. The first kappa shape index (κ1) is 18.2. The molecule has 1 aromatic carbocycles. The number of aromatic nitrogens is 1. The molecule has 1 fully saturated rings. The quantitative estimate of drug-likeness (QED) is 0.798. The summed E-state index contributed by atoms with van der Waals surface area (Å²) in [5, 5.41) is 0. The van der Waals surface area contributed by atoms with Crippen LogP contribution in [0.25, 0.3) is 0 Å². The molecule has 2 aliphatic rings. The van der Waals surface area contributed by atoms with Gasteiger partial charge in [-0.2, -0.15) is 0 Å². The summed E-state index contributed by atoms with van der Waals surface area (Å²) in [7, 11) is 0. The number of benzene rings is 1. The van der Waals surface area contributed by atoms with E-state index in [9.17, 15) is 4.79 Å². The number of rotatable bonds is 5. The fourth-order valence-electron chi connectivity index (χ4n) is 4.44. The molecule has 4 nitrogen and oxygen atoms in total. The maximum atomic E-state index is 13.1. The van der Waals surface area contributed by atoms with Gasteiger partial charge in [0.1, 0.15) is 0 Å². The number of hydrogen-bond acceptors (Lipinski definition) is 3. The van der Waals surface area contributed by atoms with Crippen LogP contribution in [0.3, 0.4) is 0 Å². The summed E-state index contributed by atoms with van der Waals surface area (Å²) >= 11 is 0. The van der Waals surface area contributed by atoms with Gasteiger partial charge in [-0.15, -0.1) is 0 Å². The Morgan fingerprint density at radius 2 is 2.04 bits per heavy atom. The monoisotopic (exact) mass is 363 g/mol. The van der Waals surface area contributed by atoms with Crippen LogP contribution in [0.5, 0.6) is 0 Å². The van der Waals surface area contributed by atoms with Crippen LogP contribution in [0.2, 0.25) is 0 Å². The average Bonchev–Trinajstić information content (AvgIpc) is 3.20. The minimum Gasteiger partial charge on any atom is -0.334 e. The van der Waals surface area contributed by atoms with Crippen molar-refractivity contribution in [3.8, 4) is 0 Å². The van der Waals surface area contributed by atoms with E-state index in [1.807, 2.05) is 11.1 Å². The second-order valence-electron chi connectivity index (χ2n) is 7.80. The molecule has 1 unspecified atom stereocenters. The Hall–Kier alpha value is -2.20. The van der Waals surface area contributed by atoms with Gasteiger partial charge < -0.3 is 4.90 Å². The topological polar surface area (TPSA) is 36.4 Å². The van der Waals surface area contributed by atoms with Crippen LogP contribution < -0.4 is 0 Å². The number of unbranched alkanes of at least 4 members (excludes halogenated alkanes) is 1. The molecule has 1 amide bonds. The van der Waals surface area contributed by atoms with Crippen molar-refractivity contribution >= 4 is 5.91 Å². The number of amides is 1. The number of pyridine rings is 1. The molecule has 1 saturated heterocycles. The van der Waals surface area contributed by atoms with Gasteiger partial charge in [-0.05, 0) is 61.5 Å². The van der Waals surface area contributed by atoms with Crippen molar-refractivity contribution in [2.75, 3.05) is 19.6 Å². The van der Waals surface area contributed by atoms with Gasteiger partial charge in [0.15, 0.2) is 0 Å². The second-order valence-corrected chi connectivity index (χ2v) is 7.80. The summed E-state index contributed by atoms with van der Waals surface area (Å²) in [5.41, 5.74) is 4.56. The molecule has 2 aliphatic heterocycles. The van der Waals surface area contributed by atoms with Crippen LogP contribution in [-0.4, -0.2) is 40.3 Å². The van der Waals surface area contributed by atoms with E-state index in [1.165, 1.54) is 42.4 Å². The Morgan fingerprint density at radius 1 is 1.19 bits per heavy atom. The standard InChI is InChI=1S/C23H29N3O/c1-2-3-11-25-12-6-9-22(25)20-14-21(16-24-15-20)23(27)26-13-10-18-7-4-5-8-19(18)17-26/h4-5,7-8,14-16,22H,2-3,6,9-13,17H2,1H3. The van der Waals surface area contributed by atoms with E-state index in [0.717, 1.165) is 31.6 Å². The van der Waals surface area contributed by atoms with Gasteiger partial charge in [0.2, 0.25) is 0 Å². The molecule has 0 saturated carbocycles. The molecule has 4 heteroatoms. The zero-order valence-electron chi connectivity index (χ0n) is 16.2. The fraction of sp³-hybridized carbons (Fsp3) is 0.478. The summed E-state index contributed by atoms with van der Waals surface area (Å²) in [6, 6.07) is 10.9. The highest BCUT2D eigenvalue weighted by Gasteiger charge is 2.27. The summed E-state index contributed by atoms with van der Waals surface area (Å²) < 4.78 is 0. The van der Waals surface area contributed by atoms with Crippen LogP contribution in [0, 0.1) is 0 Å². The lowest BCUT2D eigenvalue weighted by molar-refractivity contribution is 0.0734. The maximum Gasteiger partial charge on any atom is 0.255 e. The van der Waals surface area contributed by atoms with Crippen molar-refractivity contribution < 1.29 is 4.79 Å². The third kappa shape index (κ3) is 3.91. The van der Waals surface area contributed by atoms with Gasteiger partial charge in [0, 0.05) is 31.5 Å². The first-order chi connectivity index (χ1) is 13.3. The summed E-state index contributed by atoms with van der Waals surface area (Å²) in [6.07, 6.45) is 9.47. The minimum absolute atomic E-state index is 0.108. The first-order valence-electron chi connectivity index (χ1n) is 10.3. The van der Waals surface area contributed by atoms with Crippen LogP contribution in [0.1, 0.15) is 65.7 Å². The average molecular weight is 364 g/mol. The molecule has 0 bridgehead atoms. The number of nitrogens with zero attached hydrogens (tertiary/aromatic N) is 3. The van der Waals surface area contributed by atoms with Crippen molar-refractivity contribution in [1.82, 2.24) is 14.8 Å². The van der Waals surface area contributed by atoms with E-state index in [2.05, 4.69) is 47.1 Å². The van der Waals surface area contributed by atoms with Crippen molar-refractivity contribution in [3.63, 3.8) is 0 Å². The van der Waals surface area contributed by atoms with Crippen LogP contribution in [0.15, 0.2) is 42.7 Å². The first-order valence-corrected chi connectivity index (χ1v) is 10.3. The lowest BCUT2D eigenvalue weighted by Gasteiger charge is -2.29. The molecule has 142 valence electrons. The normalized spacial score (nSPS) is 19.9. The van der Waals surface area contributed by atoms with Crippen molar-refractivity contribution in [3.05, 3.63) is 65.0 Å². The zero-order chi connectivity index (χ0) is 18.6. The molecule has 0 radical (unpaired) electrons. The molecule has 3 heterocycles. The van der Waals surface area contributed by atoms with Gasteiger partial charge >= 0.3 is 0 Å².